The molecule has 1 atom stereocenters. The van der Waals surface area contributed by atoms with Crippen LogP contribution in [0.2, 0.25) is 0 Å². The second-order valence-electron chi connectivity index (χ2n) is 8.18. The number of allylic oxidation sites excluding steroid dienone is 3. The van der Waals surface area contributed by atoms with E-state index < -0.39 is 6.09 Å². The fourth-order valence-electron chi connectivity index (χ4n) is 3.87. The van der Waals surface area contributed by atoms with Gasteiger partial charge in [-0.1, -0.05) is 30.5 Å². The predicted octanol–water partition coefficient (Wildman–Crippen LogP) is 5.08. The number of amides is 2. The van der Waals surface area contributed by atoms with Crippen LogP contribution in [0.5, 0.6) is 0 Å². The molecule has 0 aliphatic heterocycles. The van der Waals surface area contributed by atoms with E-state index in [4.69, 9.17) is 14.0 Å². The number of nitrogens with zero attached hydrogens (tertiary/aromatic N) is 2. The van der Waals surface area contributed by atoms with E-state index in [2.05, 4.69) is 35.0 Å². The lowest BCUT2D eigenvalue weighted by Gasteiger charge is -2.22. The molecule has 2 aromatic rings. The third kappa shape index (κ3) is 6.86. The van der Waals surface area contributed by atoms with Gasteiger partial charge >= 0.3 is 6.09 Å². The van der Waals surface area contributed by atoms with Crippen molar-refractivity contribution >= 4 is 28.3 Å². The summed E-state index contributed by atoms with van der Waals surface area (Å²) in [5.74, 6) is 0.948. The molecule has 0 bridgehead atoms. The van der Waals surface area contributed by atoms with Crippen molar-refractivity contribution in [2.45, 2.75) is 58.6 Å². The summed E-state index contributed by atoms with van der Waals surface area (Å²) >= 11 is 1.36. The van der Waals surface area contributed by atoms with Gasteiger partial charge in [-0.25, -0.2) is 4.79 Å². The Morgan fingerprint density at radius 3 is 2.89 bits per heavy atom. The molecule has 0 spiro atoms. The summed E-state index contributed by atoms with van der Waals surface area (Å²) in [6, 6.07) is 2.23. The Labute approximate surface area is 214 Å². The van der Waals surface area contributed by atoms with Crippen LogP contribution in [-0.4, -0.2) is 29.9 Å². The molecule has 0 aromatic carbocycles. The number of fused-ring (bicyclic) bond motifs is 1. The smallest absolute Gasteiger partial charge is 0.407 e. The van der Waals surface area contributed by atoms with Crippen molar-refractivity contribution in [1.82, 2.24) is 10.5 Å². The number of carbonyl (C=O) groups is 2. The second kappa shape index (κ2) is 12.7. The average Bonchev–Trinajstić information content (AvgIpc) is 3.42. The molecule has 36 heavy (non-hydrogen) atoms. The van der Waals surface area contributed by atoms with Gasteiger partial charge in [0.1, 0.15) is 28.7 Å². The van der Waals surface area contributed by atoms with Crippen molar-refractivity contribution in [3.63, 3.8) is 0 Å². The molecular formula is C26H30N4O5S. The number of thiophene rings is 1. The maximum Gasteiger partial charge on any atom is 0.407 e. The standard InChI is InChI=1S/C26H30N4O5S/c1-5-7-18(16(3)33-6-2)8-11-24(31)30-25-22(13-27)21-10-9-20(12-23(21)36-25)34-26(32)28-14-19-15-29-35-17(19)4/h5,7,15,20H,1,3,6,8-12,14H2,2,4H3,(H,28,32)(H,30,31)/b18-7-. The molecule has 9 nitrogen and oxygen atoms in total. The number of aryl methyl sites for hydroxylation is 1. The maximum absolute atomic E-state index is 12.7. The fraction of sp³-hybridized carbons (Fsp3) is 0.385. The van der Waals surface area contributed by atoms with Gasteiger partial charge in [-0.15, -0.1) is 11.3 Å². The van der Waals surface area contributed by atoms with Crippen LogP contribution in [0.25, 0.3) is 0 Å². The summed E-state index contributed by atoms with van der Waals surface area (Å²) in [4.78, 5) is 25.9. The van der Waals surface area contributed by atoms with Crippen molar-refractivity contribution in [2.75, 3.05) is 11.9 Å². The van der Waals surface area contributed by atoms with Crippen molar-refractivity contribution in [1.29, 1.82) is 5.26 Å². The molecule has 10 heteroatoms. The first-order valence-electron chi connectivity index (χ1n) is 11.7. The number of anilines is 1. The van der Waals surface area contributed by atoms with Gasteiger partial charge in [0.25, 0.3) is 0 Å². The summed E-state index contributed by atoms with van der Waals surface area (Å²) in [7, 11) is 0. The van der Waals surface area contributed by atoms with Gasteiger partial charge in [-0.2, -0.15) is 5.26 Å². The number of hydrogen-bond acceptors (Lipinski definition) is 8. The van der Waals surface area contributed by atoms with Crippen molar-refractivity contribution in [2.24, 2.45) is 0 Å². The molecule has 0 saturated carbocycles. The zero-order valence-corrected chi connectivity index (χ0v) is 21.3. The van der Waals surface area contributed by atoms with Gasteiger partial charge in [0.15, 0.2) is 0 Å². The van der Waals surface area contributed by atoms with E-state index in [1.165, 1.54) is 11.3 Å². The average molecular weight is 511 g/mol. The number of nitrogens with one attached hydrogen (secondary N) is 2. The Morgan fingerprint density at radius 2 is 2.22 bits per heavy atom. The van der Waals surface area contributed by atoms with Crippen molar-refractivity contribution < 1.29 is 23.6 Å². The number of alkyl carbamates (subject to hydrolysis) is 1. The molecule has 0 fully saturated rings. The summed E-state index contributed by atoms with van der Waals surface area (Å²) < 4.78 is 16.0. The van der Waals surface area contributed by atoms with Crippen LogP contribution < -0.4 is 10.6 Å². The topological polar surface area (TPSA) is 126 Å². The van der Waals surface area contributed by atoms with Crippen LogP contribution in [0.15, 0.2) is 47.4 Å². The van der Waals surface area contributed by atoms with Crippen molar-refractivity contribution in [3.05, 3.63) is 70.2 Å². The highest BCUT2D eigenvalue weighted by molar-refractivity contribution is 7.16. The first-order chi connectivity index (χ1) is 17.4. The van der Waals surface area contributed by atoms with E-state index in [9.17, 15) is 14.9 Å². The van der Waals surface area contributed by atoms with Crippen LogP contribution in [0, 0.1) is 18.3 Å². The molecule has 2 heterocycles. The van der Waals surface area contributed by atoms with E-state index in [0.717, 1.165) is 21.6 Å². The summed E-state index contributed by atoms with van der Waals surface area (Å²) in [6.45, 7) is 12.0. The number of carbonyl (C=O) groups excluding carboxylic acids is 2. The van der Waals surface area contributed by atoms with Crippen LogP contribution in [0.1, 0.15) is 53.5 Å². The van der Waals surface area contributed by atoms with Gasteiger partial charge in [0, 0.05) is 23.3 Å². The molecule has 3 rings (SSSR count). The highest BCUT2D eigenvalue weighted by atomic mass is 32.1. The highest BCUT2D eigenvalue weighted by Gasteiger charge is 2.28. The monoisotopic (exact) mass is 510 g/mol. The fourth-order valence-corrected chi connectivity index (χ4v) is 5.15. The number of ether oxygens (including phenoxy) is 2. The third-order valence-corrected chi connectivity index (χ3v) is 6.92. The van der Waals surface area contributed by atoms with E-state index in [0.29, 0.717) is 54.4 Å². The maximum atomic E-state index is 12.7. The minimum absolute atomic E-state index is 0.205. The van der Waals surface area contributed by atoms with E-state index >= 15 is 0 Å². The molecule has 2 amide bonds. The molecule has 2 N–H and O–H groups in total. The molecule has 1 unspecified atom stereocenters. The second-order valence-corrected chi connectivity index (χ2v) is 9.29. The van der Waals surface area contributed by atoms with Crippen LogP contribution in [0.4, 0.5) is 9.80 Å². The van der Waals surface area contributed by atoms with E-state index in [1.54, 1.807) is 25.3 Å². The Kier molecular flexibility index (Phi) is 9.47. The van der Waals surface area contributed by atoms with E-state index in [1.807, 2.05) is 6.92 Å². The van der Waals surface area contributed by atoms with Crippen LogP contribution in [-0.2, 0) is 33.7 Å². The SMILES string of the molecule is C=C/C=C(/CCC(=O)Nc1sc2c(c1C#N)CCC(OC(=O)NCc1cnoc1C)C2)C(=C)OCC. The molecule has 190 valence electrons. The van der Waals surface area contributed by atoms with Crippen LogP contribution >= 0.6 is 11.3 Å². The Morgan fingerprint density at radius 1 is 1.42 bits per heavy atom. The Bertz CT molecular complexity index is 1200. The number of rotatable bonds is 11. The normalized spacial score (nSPS) is 14.8. The molecule has 1 aliphatic rings. The zero-order chi connectivity index (χ0) is 26.1. The first-order valence-corrected chi connectivity index (χ1v) is 12.5. The summed E-state index contributed by atoms with van der Waals surface area (Å²) in [6.07, 6.45) is 6.45. The summed E-state index contributed by atoms with van der Waals surface area (Å²) in [5.41, 5.74) is 2.97. The van der Waals surface area contributed by atoms with Crippen molar-refractivity contribution in [3.8, 4) is 6.07 Å². The van der Waals surface area contributed by atoms with Gasteiger partial charge in [0.05, 0.1) is 24.9 Å². The Hall–Kier alpha value is -3.84. The molecule has 0 saturated heterocycles. The van der Waals surface area contributed by atoms with Gasteiger partial charge in [0.2, 0.25) is 5.91 Å². The highest BCUT2D eigenvalue weighted by Crippen LogP contribution is 2.38. The van der Waals surface area contributed by atoms with Gasteiger partial charge in [-0.05, 0) is 44.2 Å². The third-order valence-electron chi connectivity index (χ3n) is 5.75. The molecule has 2 aromatic heterocycles. The number of nitriles is 1. The van der Waals surface area contributed by atoms with Crippen LogP contribution in [0.3, 0.4) is 0 Å². The zero-order valence-electron chi connectivity index (χ0n) is 20.5. The molecule has 0 radical (unpaired) electrons. The number of aromatic nitrogens is 1. The molecule has 1 aliphatic carbocycles. The van der Waals surface area contributed by atoms with E-state index in [-0.39, 0.29) is 25.0 Å². The minimum atomic E-state index is -0.522. The lowest BCUT2D eigenvalue weighted by atomic mass is 9.94. The lowest BCUT2D eigenvalue weighted by Crippen LogP contribution is -2.31. The summed E-state index contributed by atoms with van der Waals surface area (Å²) in [5, 5.41) is 19.5. The predicted molar refractivity (Wildman–Crippen MR) is 136 cm³/mol. The quantitative estimate of drug-likeness (QED) is 0.319. The first kappa shape index (κ1) is 26.8. The molecular weight excluding hydrogens is 480 g/mol. The van der Waals surface area contributed by atoms with Gasteiger partial charge < -0.3 is 24.6 Å². The minimum Gasteiger partial charge on any atom is -0.494 e. The lowest BCUT2D eigenvalue weighted by molar-refractivity contribution is -0.116. The van der Waals surface area contributed by atoms with Gasteiger partial charge in [-0.3, -0.25) is 4.79 Å². The number of hydrogen-bond donors (Lipinski definition) is 2. The Balaban J connectivity index is 1.57. The largest absolute Gasteiger partial charge is 0.494 e.